The van der Waals surface area contributed by atoms with Crippen LogP contribution in [0.5, 0.6) is 0 Å². The predicted molar refractivity (Wildman–Crippen MR) is 104 cm³/mol. The zero-order chi connectivity index (χ0) is 17.0. The van der Waals surface area contributed by atoms with Gasteiger partial charge in [0.05, 0.1) is 6.07 Å². The molecule has 0 aromatic carbocycles. The average Bonchev–Trinajstić information content (AvgIpc) is 2.64. The van der Waals surface area contributed by atoms with Crippen molar-refractivity contribution in [1.82, 2.24) is 0 Å². The van der Waals surface area contributed by atoms with Crippen molar-refractivity contribution in [3.63, 3.8) is 0 Å². The summed E-state index contributed by atoms with van der Waals surface area (Å²) in [5.41, 5.74) is 0. The summed E-state index contributed by atoms with van der Waals surface area (Å²) in [5.74, 6) is 3.37. The third-order valence-electron chi connectivity index (χ3n) is 6.98. The van der Waals surface area contributed by atoms with E-state index in [2.05, 4.69) is 13.0 Å². The third kappa shape index (κ3) is 7.16. The van der Waals surface area contributed by atoms with E-state index >= 15 is 0 Å². The molecule has 2 saturated carbocycles. The number of nitrogens with zero attached hydrogens (tertiary/aromatic N) is 1. The van der Waals surface area contributed by atoms with Crippen LogP contribution in [0.25, 0.3) is 0 Å². The second-order valence-electron chi connectivity index (χ2n) is 8.79. The Bertz CT molecular complexity index is 340. The normalized spacial score (nSPS) is 30.8. The van der Waals surface area contributed by atoms with E-state index in [0.717, 1.165) is 17.8 Å². The van der Waals surface area contributed by atoms with Gasteiger partial charge in [-0.2, -0.15) is 5.26 Å². The van der Waals surface area contributed by atoms with Gasteiger partial charge in [-0.3, -0.25) is 0 Å². The molecule has 0 spiro atoms. The number of unbranched alkanes of at least 4 members (excludes halogenated alkanes) is 7. The summed E-state index contributed by atoms with van der Waals surface area (Å²) in [6, 6.07) is 2.48. The molecule has 1 nitrogen and oxygen atoms in total. The summed E-state index contributed by atoms with van der Waals surface area (Å²) >= 11 is 0. The maximum atomic E-state index is 9.05. The van der Waals surface area contributed by atoms with Crippen molar-refractivity contribution in [3.8, 4) is 6.07 Å². The molecule has 138 valence electrons. The van der Waals surface area contributed by atoms with E-state index < -0.39 is 0 Å². The molecule has 0 radical (unpaired) electrons. The summed E-state index contributed by atoms with van der Waals surface area (Å²) in [6.07, 6.45) is 24.1. The summed E-state index contributed by atoms with van der Waals surface area (Å²) < 4.78 is 0. The van der Waals surface area contributed by atoms with Crippen LogP contribution in [-0.2, 0) is 0 Å². The minimum absolute atomic E-state index is 0.375. The molecule has 2 aliphatic carbocycles. The summed E-state index contributed by atoms with van der Waals surface area (Å²) in [5, 5.41) is 9.05. The molecule has 0 amide bonds. The Labute approximate surface area is 151 Å². The highest BCUT2D eigenvalue weighted by Gasteiger charge is 2.30. The van der Waals surface area contributed by atoms with Gasteiger partial charge in [-0.05, 0) is 56.3 Å². The minimum atomic E-state index is 0.375. The van der Waals surface area contributed by atoms with Gasteiger partial charge in [0, 0.05) is 5.92 Å². The maximum Gasteiger partial charge on any atom is 0.0655 e. The Hall–Kier alpha value is -0.510. The van der Waals surface area contributed by atoms with Crippen LogP contribution in [0.2, 0.25) is 0 Å². The molecule has 0 bridgehead atoms. The molecule has 0 aliphatic heterocycles. The minimum Gasteiger partial charge on any atom is -0.198 e. The van der Waals surface area contributed by atoms with Crippen molar-refractivity contribution in [2.24, 2.45) is 23.7 Å². The third-order valence-corrected chi connectivity index (χ3v) is 6.98. The Balaban J connectivity index is 1.47. The highest BCUT2D eigenvalue weighted by molar-refractivity contribution is 4.89. The summed E-state index contributed by atoms with van der Waals surface area (Å²) in [4.78, 5) is 0. The van der Waals surface area contributed by atoms with Crippen LogP contribution in [0, 0.1) is 35.0 Å². The molecule has 0 N–H and O–H groups in total. The van der Waals surface area contributed by atoms with E-state index in [9.17, 15) is 0 Å². The van der Waals surface area contributed by atoms with Crippen LogP contribution in [0.4, 0.5) is 0 Å². The summed E-state index contributed by atoms with van der Waals surface area (Å²) in [6.45, 7) is 2.30. The van der Waals surface area contributed by atoms with E-state index in [0.29, 0.717) is 5.92 Å². The lowest BCUT2D eigenvalue weighted by Gasteiger charge is -2.36. The standard InChI is InChI=1S/C23H41N/c1-2-3-4-5-6-7-8-9-10-20-11-15-22(16-12-20)23-17-13-21(19-24)14-18-23/h20-23H,2-18H2,1H3. The first kappa shape index (κ1) is 19.8. The van der Waals surface area contributed by atoms with E-state index in [1.165, 1.54) is 109 Å². The zero-order valence-corrected chi connectivity index (χ0v) is 16.3. The molecule has 0 aromatic rings. The monoisotopic (exact) mass is 331 g/mol. The smallest absolute Gasteiger partial charge is 0.0655 e. The van der Waals surface area contributed by atoms with Crippen molar-refractivity contribution in [2.45, 2.75) is 116 Å². The van der Waals surface area contributed by atoms with Crippen molar-refractivity contribution in [3.05, 3.63) is 0 Å². The van der Waals surface area contributed by atoms with Gasteiger partial charge in [0.25, 0.3) is 0 Å². The fourth-order valence-electron chi connectivity index (χ4n) is 5.23. The Morgan fingerprint density at radius 3 is 1.71 bits per heavy atom. The number of hydrogen-bond acceptors (Lipinski definition) is 1. The molecule has 0 unspecified atom stereocenters. The molecule has 2 rings (SSSR count). The van der Waals surface area contributed by atoms with Crippen LogP contribution in [-0.4, -0.2) is 0 Å². The van der Waals surface area contributed by atoms with E-state index in [1.807, 2.05) is 0 Å². The van der Waals surface area contributed by atoms with Crippen molar-refractivity contribution in [1.29, 1.82) is 5.26 Å². The van der Waals surface area contributed by atoms with Gasteiger partial charge in [-0.15, -0.1) is 0 Å². The Morgan fingerprint density at radius 1 is 0.667 bits per heavy atom. The first-order valence-electron chi connectivity index (χ1n) is 11.2. The lowest BCUT2D eigenvalue weighted by atomic mass is 9.69. The van der Waals surface area contributed by atoms with Gasteiger partial charge < -0.3 is 0 Å². The van der Waals surface area contributed by atoms with E-state index in [-0.39, 0.29) is 0 Å². The Morgan fingerprint density at radius 2 is 1.17 bits per heavy atom. The first-order chi connectivity index (χ1) is 11.8. The molecule has 24 heavy (non-hydrogen) atoms. The molecule has 1 heteroatoms. The molecular weight excluding hydrogens is 290 g/mol. The van der Waals surface area contributed by atoms with Gasteiger partial charge in [-0.25, -0.2) is 0 Å². The highest BCUT2D eigenvalue weighted by atomic mass is 14.4. The molecule has 2 aliphatic rings. The topological polar surface area (TPSA) is 23.8 Å². The Kier molecular flexibility index (Phi) is 9.86. The number of rotatable bonds is 10. The van der Waals surface area contributed by atoms with Gasteiger partial charge in [0.1, 0.15) is 0 Å². The zero-order valence-electron chi connectivity index (χ0n) is 16.3. The fraction of sp³-hybridized carbons (Fsp3) is 0.957. The molecule has 0 heterocycles. The van der Waals surface area contributed by atoms with Crippen LogP contribution < -0.4 is 0 Å². The molecule has 0 aromatic heterocycles. The molecular formula is C23H41N. The SMILES string of the molecule is CCCCCCCCCCC1CCC(C2CCC(C#N)CC2)CC1. The van der Waals surface area contributed by atoms with Crippen LogP contribution in [0.3, 0.4) is 0 Å². The first-order valence-corrected chi connectivity index (χ1v) is 11.2. The van der Waals surface area contributed by atoms with Crippen LogP contribution >= 0.6 is 0 Å². The van der Waals surface area contributed by atoms with E-state index in [1.54, 1.807) is 0 Å². The summed E-state index contributed by atoms with van der Waals surface area (Å²) in [7, 11) is 0. The number of hydrogen-bond donors (Lipinski definition) is 0. The molecule has 2 fully saturated rings. The average molecular weight is 332 g/mol. The van der Waals surface area contributed by atoms with Gasteiger partial charge in [-0.1, -0.05) is 77.6 Å². The van der Waals surface area contributed by atoms with Gasteiger partial charge in [0.2, 0.25) is 0 Å². The quantitative estimate of drug-likeness (QED) is 0.377. The fourth-order valence-corrected chi connectivity index (χ4v) is 5.23. The van der Waals surface area contributed by atoms with Crippen LogP contribution in [0.1, 0.15) is 116 Å². The second kappa shape index (κ2) is 11.9. The van der Waals surface area contributed by atoms with Crippen LogP contribution in [0.15, 0.2) is 0 Å². The number of nitriles is 1. The van der Waals surface area contributed by atoms with Gasteiger partial charge >= 0.3 is 0 Å². The highest BCUT2D eigenvalue weighted by Crippen LogP contribution is 2.42. The lowest BCUT2D eigenvalue weighted by molar-refractivity contribution is 0.152. The lowest BCUT2D eigenvalue weighted by Crippen LogP contribution is -2.25. The second-order valence-corrected chi connectivity index (χ2v) is 8.79. The van der Waals surface area contributed by atoms with Crippen molar-refractivity contribution >= 4 is 0 Å². The molecule has 0 atom stereocenters. The predicted octanol–water partition coefficient (Wildman–Crippen LogP) is 7.65. The molecule has 0 saturated heterocycles. The largest absolute Gasteiger partial charge is 0.198 e. The maximum absolute atomic E-state index is 9.05. The van der Waals surface area contributed by atoms with Crippen molar-refractivity contribution in [2.75, 3.05) is 0 Å². The van der Waals surface area contributed by atoms with Gasteiger partial charge in [0.15, 0.2) is 0 Å². The van der Waals surface area contributed by atoms with Crippen molar-refractivity contribution < 1.29 is 0 Å². The van der Waals surface area contributed by atoms with E-state index in [4.69, 9.17) is 5.26 Å².